The predicted octanol–water partition coefficient (Wildman–Crippen LogP) is 4.34. The van der Waals surface area contributed by atoms with Crippen LogP contribution >= 0.6 is 11.6 Å². The average molecular weight is 330 g/mol. The topological polar surface area (TPSA) is 65.5 Å². The molecule has 0 unspecified atom stereocenters. The van der Waals surface area contributed by atoms with Gasteiger partial charge in [-0.15, -0.1) is 0 Å². The molecular formula is C17H12ClNO4. The van der Waals surface area contributed by atoms with Crippen molar-refractivity contribution in [1.29, 1.82) is 0 Å². The van der Waals surface area contributed by atoms with Gasteiger partial charge in [-0.05, 0) is 35.9 Å². The summed E-state index contributed by atoms with van der Waals surface area (Å²) < 4.78 is 15.4. The molecule has 3 aromatic rings. The van der Waals surface area contributed by atoms with E-state index in [0.29, 0.717) is 22.2 Å². The molecule has 0 N–H and O–H groups in total. The normalized spacial score (nSPS) is 11.0. The van der Waals surface area contributed by atoms with Gasteiger partial charge in [-0.25, -0.2) is 4.79 Å². The van der Waals surface area contributed by atoms with Crippen LogP contribution in [-0.2, 0) is 16.1 Å². The molecule has 1 aromatic carbocycles. The van der Waals surface area contributed by atoms with Crippen molar-refractivity contribution in [3.63, 3.8) is 0 Å². The van der Waals surface area contributed by atoms with Gasteiger partial charge >= 0.3 is 5.97 Å². The molecule has 23 heavy (non-hydrogen) atoms. The maximum Gasteiger partial charge on any atom is 0.331 e. The number of aromatic nitrogens is 1. The summed E-state index contributed by atoms with van der Waals surface area (Å²) in [6.07, 6.45) is 4.50. The van der Waals surface area contributed by atoms with Crippen LogP contribution in [0.25, 0.3) is 17.6 Å². The first-order valence-corrected chi connectivity index (χ1v) is 7.18. The van der Waals surface area contributed by atoms with Crippen LogP contribution in [0.5, 0.6) is 0 Å². The molecule has 0 aliphatic carbocycles. The lowest BCUT2D eigenvalue weighted by Gasteiger charge is -1.98. The summed E-state index contributed by atoms with van der Waals surface area (Å²) in [5.74, 6) is 0.568. The lowest BCUT2D eigenvalue weighted by atomic mass is 10.2. The summed E-state index contributed by atoms with van der Waals surface area (Å²) in [6, 6.07) is 12.3. The van der Waals surface area contributed by atoms with Gasteiger partial charge in [0.2, 0.25) is 5.76 Å². The quantitative estimate of drug-likeness (QED) is 0.514. The first kappa shape index (κ1) is 15.1. The van der Waals surface area contributed by atoms with E-state index >= 15 is 0 Å². The molecule has 0 fully saturated rings. The van der Waals surface area contributed by atoms with E-state index in [4.69, 9.17) is 25.3 Å². The molecule has 0 saturated heterocycles. The van der Waals surface area contributed by atoms with Crippen LogP contribution in [0.4, 0.5) is 0 Å². The van der Waals surface area contributed by atoms with E-state index < -0.39 is 5.97 Å². The van der Waals surface area contributed by atoms with E-state index in [2.05, 4.69) is 5.16 Å². The van der Waals surface area contributed by atoms with Crippen molar-refractivity contribution in [2.24, 2.45) is 0 Å². The molecule has 0 aliphatic heterocycles. The monoisotopic (exact) mass is 329 g/mol. The number of furan rings is 1. The van der Waals surface area contributed by atoms with Gasteiger partial charge in [-0.3, -0.25) is 0 Å². The lowest BCUT2D eigenvalue weighted by Crippen LogP contribution is -2.00. The zero-order chi connectivity index (χ0) is 16.1. The number of halogens is 1. The molecule has 6 heteroatoms. The van der Waals surface area contributed by atoms with Crippen molar-refractivity contribution >= 4 is 23.6 Å². The maximum absolute atomic E-state index is 11.7. The van der Waals surface area contributed by atoms with Gasteiger partial charge in [-0.1, -0.05) is 28.9 Å². The Morgan fingerprint density at radius 1 is 1.22 bits per heavy atom. The van der Waals surface area contributed by atoms with Crippen LogP contribution in [0.15, 0.2) is 63.7 Å². The molecule has 116 valence electrons. The minimum absolute atomic E-state index is 0.0168. The van der Waals surface area contributed by atoms with Crippen molar-refractivity contribution in [3.8, 4) is 11.5 Å². The zero-order valence-electron chi connectivity index (χ0n) is 11.9. The number of ether oxygens (including phenoxy) is 1. The van der Waals surface area contributed by atoms with Gasteiger partial charge < -0.3 is 13.7 Å². The highest BCUT2D eigenvalue weighted by Crippen LogP contribution is 2.20. The number of benzene rings is 1. The number of carbonyl (C=O) groups is 1. The Morgan fingerprint density at radius 3 is 2.91 bits per heavy atom. The lowest BCUT2D eigenvalue weighted by molar-refractivity contribution is -0.139. The number of carbonyl (C=O) groups excluding carboxylic acids is 1. The fourth-order valence-electron chi connectivity index (χ4n) is 1.88. The van der Waals surface area contributed by atoms with Crippen LogP contribution in [0.1, 0.15) is 11.3 Å². The fraction of sp³-hybridized carbons (Fsp3) is 0.0588. The summed E-state index contributed by atoms with van der Waals surface area (Å²) in [6.45, 7) is 0.0168. The maximum atomic E-state index is 11.7. The van der Waals surface area contributed by atoms with Gasteiger partial charge in [0.05, 0.1) is 6.26 Å². The van der Waals surface area contributed by atoms with Gasteiger partial charge in [0.1, 0.15) is 12.3 Å². The van der Waals surface area contributed by atoms with E-state index in [-0.39, 0.29) is 6.61 Å². The minimum Gasteiger partial charge on any atom is -0.461 e. The summed E-state index contributed by atoms with van der Waals surface area (Å²) in [5, 5.41) is 4.43. The summed E-state index contributed by atoms with van der Waals surface area (Å²) >= 11 is 5.87. The van der Waals surface area contributed by atoms with E-state index in [1.807, 2.05) is 6.07 Å². The Bertz CT molecular complexity index is 821. The third-order valence-electron chi connectivity index (χ3n) is 2.95. The molecule has 0 spiro atoms. The van der Waals surface area contributed by atoms with Crippen LogP contribution in [0.2, 0.25) is 5.02 Å². The Labute approximate surface area is 137 Å². The molecule has 0 radical (unpaired) electrons. The third kappa shape index (κ3) is 4.11. The van der Waals surface area contributed by atoms with Gasteiger partial charge in [-0.2, -0.15) is 0 Å². The summed E-state index contributed by atoms with van der Waals surface area (Å²) in [7, 11) is 0. The number of hydrogen-bond donors (Lipinski definition) is 0. The molecule has 2 aromatic heterocycles. The second-order valence-electron chi connectivity index (χ2n) is 4.66. The number of nitrogens with zero attached hydrogens (tertiary/aromatic N) is 1. The fourth-order valence-corrected chi connectivity index (χ4v) is 2.08. The molecular weight excluding hydrogens is 318 g/mol. The minimum atomic E-state index is -0.479. The van der Waals surface area contributed by atoms with Crippen molar-refractivity contribution in [2.75, 3.05) is 0 Å². The summed E-state index contributed by atoms with van der Waals surface area (Å²) in [4.78, 5) is 11.7. The first-order valence-electron chi connectivity index (χ1n) is 6.80. The second kappa shape index (κ2) is 6.98. The van der Waals surface area contributed by atoms with Crippen molar-refractivity contribution in [2.45, 2.75) is 6.61 Å². The number of esters is 1. The largest absolute Gasteiger partial charge is 0.461 e. The first-order chi connectivity index (χ1) is 11.2. The Balaban J connectivity index is 1.55. The Hall–Kier alpha value is -2.79. The Kier molecular flexibility index (Phi) is 4.59. The van der Waals surface area contributed by atoms with Gasteiger partial charge in [0.25, 0.3) is 0 Å². The zero-order valence-corrected chi connectivity index (χ0v) is 12.7. The second-order valence-corrected chi connectivity index (χ2v) is 5.09. The Morgan fingerprint density at radius 2 is 2.13 bits per heavy atom. The van der Waals surface area contributed by atoms with Crippen LogP contribution in [0.3, 0.4) is 0 Å². The van der Waals surface area contributed by atoms with E-state index in [1.54, 1.807) is 42.5 Å². The van der Waals surface area contributed by atoms with Crippen molar-refractivity contribution in [3.05, 3.63) is 71.1 Å². The predicted molar refractivity (Wildman–Crippen MR) is 84.5 cm³/mol. The number of rotatable bonds is 5. The highest BCUT2D eigenvalue weighted by atomic mass is 35.5. The smallest absolute Gasteiger partial charge is 0.331 e. The van der Waals surface area contributed by atoms with E-state index in [0.717, 1.165) is 5.56 Å². The molecule has 0 saturated carbocycles. The molecule has 3 rings (SSSR count). The number of hydrogen-bond acceptors (Lipinski definition) is 5. The van der Waals surface area contributed by atoms with Crippen LogP contribution in [-0.4, -0.2) is 11.1 Å². The molecule has 0 aliphatic rings. The van der Waals surface area contributed by atoms with Crippen LogP contribution in [0, 0.1) is 0 Å². The van der Waals surface area contributed by atoms with Crippen molar-refractivity contribution < 1.29 is 18.5 Å². The molecule has 5 nitrogen and oxygen atoms in total. The van der Waals surface area contributed by atoms with E-state index in [1.165, 1.54) is 12.3 Å². The van der Waals surface area contributed by atoms with Gasteiger partial charge in [0.15, 0.2) is 5.76 Å². The molecule has 0 atom stereocenters. The van der Waals surface area contributed by atoms with Crippen LogP contribution < -0.4 is 0 Å². The standard InChI is InChI=1S/C17H12ClNO4/c18-13-4-1-3-12(9-13)6-7-17(20)22-11-14-10-16(23-19-14)15-5-2-8-21-15/h1-10H,11H2/b7-6+. The SMILES string of the molecule is O=C(/C=C/c1cccc(Cl)c1)OCc1cc(-c2ccco2)on1. The average Bonchev–Trinajstić information content (AvgIpc) is 3.22. The van der Waals surface area contributed by atoms with Crippen molar-refractivity contribution in [1.82, 2.24) is 5.16 Å². The highest BCUT2D eigenvalue weighted by molar-refractivity contribution is 6.30. The highest BCUT2D eigenvalue weighted by Gasteiger charge is 2.10. The molecule has 0 amide bonds. The molecule has 0 bridgehead atoms. The summed E-state index contributed by atoms with van der Waals surface area (Å²) in [5.41, 5.74) is 1.32. The third-order valence-corrected chi connectivity index (χ3v) is 3.18. The van der Waals surface area contributed by atoms with E-state index in [9.17, 15) is 4.79 Å². The molecule has 2 heterocycles. The van der Waals surface area contributed by atoms with Gasteiger partial charge in [0, 0.05) is 17.2 Å².